The molecule has 5 N–H and O–H groups in total. The second-order valence-electron chi connectivity index (χ2n) is 10.4. The number of amides is 4. The summed E-state index contributed by atoms with van der Waals surface area (Å²) >= 11 is 0. The maximum atomic E-state index is 13.5. The van der Waals surface area contributed by atoms with Crippen molar-refractivity contribution in [1.82, 2.24) is 15.2 Å². The summed E-state index contributed by atoms with van der Waals surface area (Å²) in [5, 5.41) is 2.95. The minimum atomic E-state index is -0.598. The number of nitrogens with one attached hydrogen (secondary N) is 1. The number of ether oxygens (including phenoxy) is 1. The number of nitrogens with two attached hydrogens (primary N) is 2. The fraction of sp³-hybridized carbons (Fsp3) is 0.250. The first-order valence-corrected chi connectivity index (χ1v) is 13.7. The van der Waals surface area contributed by atoms with Crippen molar-refractivity contribution in [3.05, 3.63) is 117 Å². The molecule has 4 amide bonds. The lowest BCUT2D eigenvalue weighted by molar-refractivity contribution is 0.0989. The maximum absolute atomic E-state index is 13.5. The van der Waals surface area contributed by atoms with Gasteiger partial charge in [0.25, 0.3) is 5.91 Å². The van der Waals surface area contributed by atoms with Crippen molar-refractivity contribution in [1.29, 1.82) is 0 Å². The van der Waals surface area contributed by atoms with Gasteiger partial charge in [-0.2, -0.15) is 0 Å². The van der Waals surface area contributed by atoms with Gasteiger partial charge in [0.05, 0.1) is 30.5 Å². The van der Waals surface area contributed by atoms with Crippen molar-refractivity contribution in [2.24, 2.45) is 11.5 Å². The summed E-state index contributed by atoms with van der Waals surface area (Å²) in [4.78, 5) is 43.5. The monoisotopic (exact) mass is 567 g/mol. The Hall–Kier alpha value is -5.12. The summed E-state index contributed by atoms with van der Waals surface area (Å²) in [6.45, 7) is 4.95. The van der Waals surface area contributed by atoms with E-state index < -0.39 is 17.9 Å². The number of carbonyl (C=O) groups excluding carboxylic acids is 3. The third-order valence-electron chi connectivity index (χ3n) is 7.48. The minimum absolute atomic E-state index is 0.226. The third kappa shape index (κ3) is 6.12. The number of benzene rings is 3. The van der Waals surface area contributed by atoms with E-state index in [-0.39, 0.29) is 24.7 Å². The molecule has 0 bridgehead atoms. The standard InChI is InChI=1S/C32H33N5O5/c1-19-6-7-25(20(2)12-19)29-26-15-28(42-11-9-21-4-3-5-23(13-21)30(33)38)27(31(34)39)14-22(26)8-10-37(29)32(40)35-16-24-17-41-18-36-24/h3-7,12-15,17-18,29H,8-11,16H2,1-2H3,(H2,33,38)(H2,34,39)(H,35,40). The van der Waals surface area contributed by atoms with Crippen molar-refractivity contribution < 1.29 is 23.5 Å². The topological polar surface area (TPSA) is 154 Å². The van der Waals surface area contributed by atoms with Gasteiger partial charge in [-0.05, 0) is 72.4 Å². The Kier molecular flexibility index (Phi) is 8.24. The first kappa shape index (κ1) is 28.4. The maximum Gasteiger partial charge on any atom is 0.318 e. The average molecular weight is 568 g/mol. The van der Waals surface area contributed by atoms with E-state index in [0.717, 1.165) is 33.4 Å². The molecular formula is C32H33N5O5. The highest BCUT2D eigenvalue weighted by Gasteiger charge is 2.34. The molecule has 10 nitrogen and oxygen atoms in total. The average Bonchev–Trinajstić information content (AvgIpc) is 3.49. The lowest BCUT2D eigenvalue weighted by Gasteiger charge is -2.39. The van der Waals surface area contributed by atoms with Crippen LogP contribution in [0, 0.1) is 13.8 Å². The van der Waals surface area contributed by atoms with Gasteiger partial charge >= 0.3 is 6.03 Å². The number of carbonyl (C=O) groups is 3. The molecule has 0 saturated carbocycles. The number of hydrogen-bond acceptors (Lipinski definition) is 6. The molecule has 2 heterocycles. The first-order chi connectivity index (χ1) is 20.2. The van der Waals surface area contributed by atoms with Crippen LogP contribution in [0.15, 0.2) is 71.7 Å². The molecule has 1 aromatic heterocycles. The molecule has 1 aliphatic rings. The van der Waals surface area contributed by atoms with E-state index in [0.29, 0.717) is 36.4 Å². The number of primary amides is 2. The molecule has 0 fully saturated rings. The summed E-state index contributed by atoms with van der Waals surface area (Å²) in [6.07, 6.45) is 3.83. The molecule has 216 valence electrons. The fourth-order valence-corrected chi connectivity index (χ4v) is 5.40. The number of nitrogens with zero attached hydrogens (tertiary/aromatic N) is 2. The zero-order valence-electron chi connectivity index (χ0n) is 23.6. The summed E-state index contributed by atoms with van der Waals surface area (Å²) in [6, 6.07) is 16.1. The second kappa shape index (κ2) is 12.2. The van der Waals surface area contributed by atoms with Gasteiger partial charge in [-0.25, -0.2) is 9.78 Å². The minimum Gasteiger partial charge on any atom is -0.492 e. The Morgan fingerprint density at radius 1 is 1.05 bits per heavy atom. The lowest BCUT2D eigenvalue weighted by atomic mass is 9.85. The van der Waals surface area contributed by atoms with Gasteiger partial charge < -0.3 is 30.8 Å². The van der Waals surface area contributed by atoms with Crippen LogP contribution in [-0.2, 0) is 19.4 Å². The quantitative estimate of drug-likeness (QED) is 0.278. The van der Waals surface area contributed by atoms with Gasteiger partial charge in [0.2, 0.25) is 5.91 Å². The van der Waals surface area contributed by atoms with Crippen LogP contribution in [0.25, 0.3) is 0 Å². The Balaban J connectivity index is 1.48. The molecule has 0 radical (unpaired) electrons. The van der Waals surface area contributed by atoms with Crippen molar-refractivity contribution >= 4 is 17.8 Å². The predicted octanol–water partition coefficient (Wildman–Crippen LogP) is 3.97. The van der Waals surface area contributed by atoms with Crippen LogP contribution in [0.5, 0.6) is 5.75 Å². The van der Waals surface area contributed by atoms with Crippen LogP contribution in [0.2, 0.25) is 0 Å². The Bertz CT molecular complexity index is 1630. The van der Waals surface area contributed by atoms with E-state index >= 15 is 0 Å². The number of urea groups is 1. The largest absolute Gasteiger partial charge is 0.492 e. The normalized spacial score (nSPS) is 14.2. The zero-order chi connectivity index (χ0) is 29.8. The molecular weight excluding hydrogens is 534 g/mol. The summed E-state index contributed by atoms with van der Waals surface area (Å²) in [7, 11) is 0. The Morgan fingerprint density at radius 3 is 2.60 bits per heavy atom. The summed E-state index contributed by atoms with van der Waals surface area (Å²) in [5.41, 5.74) is 18.3. The number of hydrogen-bond donors (Lipinski definition) is 3. The molecule has 42 heavy (non-hydrogen) atoms. The van der Waals surface area contributed by atoms with E-state index in [2.05, 4.69) is 16.4 Å². The van der Waals surface area contributed by atoms with Crippen LogP contribution in [0.4, 0.5) is 4.79 Å². The molecule has 1 atom stereocenters. The SMILES string of the molecule is Cc1ccc(C2c3cc(OCCc4cccc(C(N)=O)c4)c(C(N)=O)cc3CCN2C(=O)NCc2cocn2)c(C)c1. The van der Waals surface area contributed by atoms with Gasteiger partial charge in [-0.1, -0.05) is 35.9 Å². The Morgan fingerprint density at radius 2 is 1.88 bits per heavy atom. The lowest BCUT2D eigenvalue weighted by Crippen LogP contribution is -2.46. The molecule has 0 aliphatic carbocycles. The molecule has 4 aromatic rings. The molecule has 0 spiro atoms. The van der Waals surface area contributed by atoms with Gasteiger partial charge in [-0.3, -0.25) is 9.59 Å². The number of oxazole rings is 1. The first-order valence-electron chi connectivity index (χ1n) is 13.7. The van der Waals surface area contributed by atoms with Crippen molar-refractivity contribution in [2.45, 2.75) is 39.3 Å². The van der Waals surface area contributed by atoms with E-state index in [1.54, 1.807) is 29.2 Å². The molecule has 5 rings (SSSR count). The molecule has 0 saturated heterocycles. The molecule has 1 unspecified atom stereocenters. The van der Waals surface area contributed by atoms with Gasteiger partial charge in [-0.15, -0.1) is 0 Å². The van der Waals surface area contributed by atoms with Crippen molar-refractivity contribution in [3.8, 4) is 5.75 Å². The van der Waals surface area contributed by atoms with Gasteiger partial charge in [0, 0.05) is 18.5 Å². The van der Waals surface area contributed by atoms with Crippen LogP contribution in [0.1, 0.15) is 65.8 Å². The summed E-state index contributed by atoms with van der Waals surface area (Å²) < 4.78 is 11.2. The summed E-state index contributed by atoms with van der Waals surface area (Å²) in [5.74, 6) is -0.762. The van der Waals surface area contributed by atoms with Gasteiger partial charge in [0.15, 0.2) is 6.39 Å². The highest BCUT2D eigenvalue weighted by atomic mass is 16.5. The van der Waals surface area contributed by atoms with Crippen molar-refractivity contribution in [3.63, 3.8) is 0 Å². The van der Waals surface area contributed by atoms with Crippen LogP contribution >= 0.6 is 0 Å². The highest BCUT2D eigenvalue weighted by molar-refractivity contribution is 5.96. The predicted molar refractivity (Wildman–Crippen MR) is 156 cm³/mol. The molecule has 3 aromatic carbocycles. The van der Waals surface area contributed by atoms with Gasteiger partial charge in [0.1, 0.15) is 12.0 Å². The van der Waals surface area contributed by atoms with E-state index in [1.165, 1.54) is 12.7 Å². The number of rotatable bonds is 9. The van der Waals surface area contributed by atoms with Crippen LogP contribution in [-0.4, -0.2) is 40.9 Å². The van der Waals surface area contributed by atoms with Crippen molar-refractivity contribution in [2.75, 3.05) is 13.2 Å². The number of aromatic nitrogens is 1. The van der Waals surface area contributed by atoms with Crippen LogP contribution in [0.3, 0.4) is 0 Å². The number of fused-ring (bicyclic) bond motifs is 1. The molecule has 10 heteroatoms. The van der Waals surface area contributed by atoms with E-state index in [4.69, 9.17) is 20.6 Å². The fourth-order valence-electron chi connectivity index (χ4n) is 5.40. The zero-order valence-corrected chi connectivity index (χ0v) is 23.6. The van der Waals surface area contributed by atoms with Crippen LogP contribution < -0.4 is 21.5 Å². The highest BCUT2D eigenvalue weighted by Crippen LogP contribution is 2.40. The van der Waals surface area contributed by atoms with E-state index in [9.17, 15) is 14.4 Å². The Labute approximate surface area is 243 Å². The second-order valence-corrected chi connectivity index (χ2v) is 10.4. The smallest absolute Gasteiger partial charge is 0.318 e. The number of aryl methyl sites for hydroxylation is 2. The van der Waals surface area contributed by atoms with E-state index in [1.807, 2.05) is 38.1 Å². The third-order valence-corrected chi connectivity index (χ3v) is 7.48. The molecule has 1 aliphatic heterocycles.